The van der Waals surface area contributed by atoms with E-state index >= 15 is 0 Å². The van der Waals surface area contributed by atoms with E-state index in [-0.39, 0.29) is 0 Å². The molecule has 0 amide bonds. The SMILES string of the molecule is C#CC(=O)C(CC)OC(=O)c1ccc([C@H]2CC[C@H](CCCCCCCC)CC2)cc1. The van der Waals surface area contributed by atoms with Crippen LogP contribution in [0.5, 0.6) is 0 Å². The van der Waals surface area contributed by atoms with Gasteiger partial charge in [0.15, 0.2) is 6.10 Å². The summed E-state index contributed by atoms with van der Waals surface area (Å²) in [5.74, 6) is 2.54. The van der Waals surface area contributed by atoms with Gasteiger partial charge in [0.05, 0.1) is 5.56 Å². The predicted molar refractivity (Wildman–Crippen MR) is 122 cm³/mol. The van der Waals surface area contributed by atoms with Gasteiger partial charge in [-0.05, 0) is 67.6 Å². The Kier molecular flexibility index (Phi) is 10.7. The second-order valence-corrected chi connectivity index (χ2v) is 8.71. The third kappa shape index (κ3) is 7.63. The van der Waals surface area contributed by atoms with Gasteiger partial charge in [-0.2, -0.15) is 0 Å². The van der Waals surface area contributed by atoms with Gasteiger partial charge in [-0.1, -0.05) is 70.9 Å². The zero-order valence-electron chi connectivity index (χ0n) is 18.8. The van der Waals surface area contributed by atoms with E-state index in [0.29, 0.717) is 17.9 Å². The first-order valence-corrected chi connectivity index (χ1v) is 11.9. The lowest BCUT2D eigenvalue weighted by molar-refractivity contribution is -0.122. The molecule has 1 aliphatic rings. The minimum atomic E-state index is -0.857. The minimum absolute atomic E-state index is 0.384. The highest BCUT2D eigenvalue weighted by molar-refractivity contribution is 6.00. The summed E-state index contributed by atoms with van der Waals surface area (Å²) in [5, 5.41) is 0. The van der Waals surface area contributed by atoms with Crippen LogP contribution in [0.4, 0.5) is 0 Å². The molecule has 0 bridgehead atoms. The standard InChI is InChI=1S/C27H38O3/c1-4-7-8-9-10-11-12-21-13-15-22(16-14-21)23-17-19-24(20-18-23)27(29)30-26(6-3)25(28)5-2/h2,17-22,26H,4,6-16H2,1,3H3/t21-,22-,26?. The molecule has 1 unspecified atom stereocenters. The highest BCUT2D eigenvalue weighted by Gasteiger charge is 2.23. The van der Waals surface area contributed by atoms with Gasteiger partial charge >= 0.3 is 5.97 Å². The van der Waals surface area contributed by atoms with Crippen LogP contribution in [0, 0.1) is 18.3 Å². The summed E-state index contributed by atoms with van der Waals surface area (Å²) in [5.41, 5.74) is 1.77. The fourth-order valence-corrected chi connectivity index (χ4v) is 4.50. The van der Waals surface area contributed by atoms with E-state index in [9.17, 15) is 9.59 Å². The molecule has 0 N–H and O–H groups in total. The molecule has 1 aromatic rings. The Morgan fingerprint density at radius 2 is 1.63 bits per heavy atom. The summed E-state index contributed by atoms with van der Waals surface area (Å²) in [6, 6.07) is 7.71. The molecule has 2 rings (SSSR count). The second-order valence-electron chi connectivity index (χ2n) is 8.71. The smallest absolute Gasteiger partial charge is 0.338 e. The van der Waals surface area contributed by atoms with Crippen molar-refractivity contribution >= 4 is 11.8 Å². The first kappa shape index (κ1) is 24.2. The van der Waals surface area contributed by atoms with Crippen molar-refractivity contribution < 1.29 is 14.3 Å². The number of unbranched alkanes of at least 4 members (excludes halogenated alkanes) is 5. The summed E-state index contributed by atoms with van der Waals surface area (Å²) in [7, 11) is 0. The van der Waals surface area contributed by atoms with E-state index in [2.05, 4.69) is 6.92 Å². The molecule has 0 spiro atoms. The normalized spacial score (nSPS) is 19.6. The first-order valence-electron chi connectivity index (χ1n) is 11.9. The maximum atomic E-state index is 12.3. The zero-order chi connectivity index (χ0) is 21.8. The number of ether oxygens (including phenoxy) is 1. The Labute approximate surface area is 183 Å². The fourth-order valence-electron chi connectivity index (χ4n) is 4.50. The molecule has 1 fully saturated rings. The van der Waals surface area contributed by atoms with Crippen molar-refractivity contribution in [1.82, 2.24) is 0 Å². The molecule has 164 valence electrons. The Balaban J connectivity index is 1.76. The van der Waals surface area contributed by atoms with Gasteiger partial charge < -0.3 is 4.74 Å². The van der Waals surface area contributed by atoms with E-state index in [1.807, 2.05) is 30.2 Å². The highest BCUT2D eigenvalue weighted by Crippen LogP contribution is 2.37. The van der Waals surface area contributed by atoms with Crippen molar-refractivity contribution in [3.63, 3.8) is 0 Å². The zero-order valence-corrected chi connectivity index (χ0v) is 18.8. The molecule has 1 aliphatic carbocycles. The third-order valence-electron chi connectivity index (χ3n) is 6.49. The van der Waals surface area contributed by atoms with Crippen molar-refractivity contribution in [2.75, 3.05) is 0 Å². The van der Waals surface area contributed by atoms with Crippen LogP contribution in [-0.2, 0) is 9.53 Å². The first-order chi connectivity index (χ1) is 14.6. The molecule has 0 radical (unpaired) electrons. The molecule has 3 nitrogen and oxygen atoms in total. The largest absolute Gasteiger partial charge is 0.450 e. The van der Waals surface area contributed by atoms with Gasteiger partial charge in [-0.15, -0.1) is 6.42 Å². The van der Waals surface area contributed by atoms with Crippen molar-refractivity contribution in [2.24, 2.45) is 5.92 Å². The maximum Gasteiger partial charge on any atom is 0.338 e. The van der Waals surface area contributed by atoms with Crippen LogP contribution in [-0.4, -0.2) is 17.9 Å². The van der Waals surface area contributed by atoms with Gasteiger partial charge in [-0.25, -0.2) is 4.79 Å². The number of rotatable bonds is 12. The molecule has 0 aromatic heterocycles. The van der Waals surface area contributed by atoms with E-state index in [1.54, 1.807) is 6.92 Å². The van der Waals surface area contributed by atoms with Crippen molar-refractivity contribution in [3.8, 4) is 12.3 Å². The monoisotopic (exact) mass is 410 g/mol. The van der Waals surface area contributed by atoms with Crippen molar-refractivity contribution in [2.45, 2.75) is 103 Å². The molecule has 30 heavy (non-hydrogen) atoms. The number of ketones is 1. The number of hydrogen-bond donors (Lipinski definition) is 0. The van der Waals surface area contributed by atoms with Gasteiger partial charge in [0.1, 0.15) is 0 Å². The lowest BCUT2D eigenvalue weighted by Gasteiger charge is -2.29. The van der Waals surface area contributed by atoms with Gasteiger partial charge in [0.2, 0.25) is 5.78 Å². The molecule has 1 atom stereocenters. The van der Waals surface area contributed by atoms with Crippen LogP contribution in [0.25, 0.3) is 0 Å². The Bertz CT molecular complexity index is 690. The number of esters is 1. The Morgan fingerprint density at radius 3 is 2.23 bits per heavy atom. The van der Waals surface area contributed by atoms with E-state index < -0.39 is 17.9 Å². The second kappa shape index (κ2) is 13.3. The van der Waals surface area contributed by atoms with Crippen molar-refractivity contribution in [3.05, 3.63) is 35.4 Å². The summed E-state index contributed by atoms with van der Waals surface area (Å²) in [4.78, 5) is 23.9. The average molecular weight is 411 g/mol. The molecule has 0 aliphatic heterocycles. The summed E-state index contributed by atoms with van der Waals surface area (Å²) in [6.45, 7) is 4.04. The lowest BCUT2D eigenvalue weighted by Crippen LogP contribution is -2.25. The third-order valence-corrected chi connectivity index (χ3v) is 6.49. The minimum Gasteiger partial charge on any atom is -0.450 e. The van der Waals surface area contributed by atoms with Gasteiger partial charge in [0, 0.05) is 0 Å². The Morgan fingerprint density at radius 1 is 1.00 bits per heavy atom. The molecule has 3 heteroatoms. The van der Waals surface area contributed by atoms with Crippen LogP contribution in [0.15, 0.2) is 24.3 Å². The highest BCUT2D eigenvalue weighted by atomic mass is 16.5. The quantitative estimate of drug-likeness (QED) is 0.164. The molecular weight excluding hydrogens is 372 g/mol. The number of terminal acetylenes is 1. The topological polar surface area (TPSA) is 43.4 Å². The fraction of sp³-hybridized carbons (Fsp3) is 0.630. The van der Waals surface area contributed by atoms with Gasteiger partial charge in [0.25, 0.3) is 0 Å². The van der Waals surface area contributed by atoms with Crippen LogP contribution < -0.4 is 0 Å². The molecule has 0 heterocycles. The van der Waals surface area contributed by atoms with Crippen LogP contribution in [0.1, 0.15) is 113 Å². The summed E-state index contributed by atoms with van der Waals surface area (Å²) >= 11 is 0. The number of hydrogen-bond acceptors (Lipinski definition) is 3. The molecule has 1 saturated carbocycles. The van der Waals surface area contributed by atoms with Crippen LogP contribution >= 0.6 is 0 Å². The average Bonchev–Trinajstić information content (AvgIpc) is 2.79. The predicted octanol–water partition coefficient (Wildman–Crippen LogP) is 6.85. The van der Waals surface area contributed by atoms with Crippen LogP contribution in [0.2, 0.25) is 0 Å². The molecule has 1 aromatic carbocycles. The van der Waals surface area contributed by atoms with Gasteiger partial charge in [-0.3, -0.25) is 4.79 Å². The lowest BCUT2D eigenvalue weighted by atomic mass is 9.77. The Hall–Kier alpha value is -2.08. The number of Topliss-reactive ketones (excluding diaryl/α,β-unsaturated/α-hetero) is 1. The molecule has 0 saturated heterocycles. The summed E-state index contributed by atoms with van der Waals surface area (Å²) < 4.78 is 5.28. The van der Waals surface area contributed by atoms with Crippen LogP contribution in [0.3, 0.4) is 0 Å². The van der Waals surface area contributed by atoms with Crippen molar-refractivity contribution in [1.29, 1.82) is 0 Å². The number of benzene rings is 1. The van der Waals surface area contributed by atoms with E-state index in [1.165, 1.54) is 76.2 Å². The maximum absolute atomic E-state index is 12.3. The number of carbonyl (C=O) groups excluding carboxylic acids is 2. The van der Waals surface area contributed by atoms with E-state index in [0.717, 1.165) is 5.92 Å². The summed E-state index contributed by atoms with van der Waals surface area (Å²) in [6.07, 6.45) is 19.4. The van der Waals surface area contributed by atoms with E-state index in [4.69, 9.17) is 11.2 Å². The molecular formula is C27H38O3. The number of carbonyl (C=O) groups is 2.